The molecule has 0 radical (unpaired) electrons. The summed E-state index contributed by atoms with van der Waals surface area (Å²) in [5.74, 6) is -0.288. The van der Waals surface area contributed by atoms with Gasteiger partial charge in [-0.3, -0.25) is 14.5 Å². The Labute approximate surface area is 212 Å². The number of nitrogens with zero attached hydrogens (tertiary/aromatic N) is 3. The molecule has 1 atom stereocenters. The van der Waals surface area contributed by atoms with Crippen LogP contribution in [0, 0.1) is 0 Å². The molecule has 2 aliphatic rings. The SMILES string of the molecule is C[C@]1(c2ccc3ccccc3c2)NC(=O)N(CC(=O)N2CCC(c3nc4ccccc4s3)CC2)C1=O. The number of amides is 4. The van der Waals surface area contributed by atoms with Crippen LogP contribution >= 0.6 is 11.3 Å². The van der Waals surface area contributed by atoms with Gasteiger partial charge in [-0.2, -0.15) is 0 Å². The summed E-state index contributed by atoms with van der Waals surface area (Å²) in [7, 11) is 0. The molecule has 6 rings (SSSR count). The van der Waals surface area contributed by atoms with Crippen LogP contribution < -0.4 is 5.32 Å². The maximum Gasteiger partial charge on any atom is 0.325 e. The number of hydrogen-bond acceptors (Lipinski definition) is 5. The Morgan fingerprint density at radius 2 is 1.75 bits per heavy atom. The average Bonchev–Trinajstić information content (AvgIpc) is 3.43. The summed E-state index contributed by atoms with van der Waals surface area (Å²) in [6, 6.07) is 21.2. The van der Waals surface area contributed by atoms with Crippen molar-refractivity contribution in [1.82, 2.24) is 20.1 Å². The number of hydrogen-bond donors (Lipinski definition) is 1. The number of imide groups is 1. The van der Waals surface area contributed by atoms with Crippen LogP contribution in [-0.4, -0.2) is 52.3 Å². The Balaban J connectivity index is 1.12. The van der Waals surface area contributed by atoms with Crippen LogP contribution in [0.5, 0.6) is 0 Å². The molecule has 2 fully saturated rings. The summed E-state index contributed by atoms with van der Waals surface area (Å²) in [6.07, 6.45) is 1.64. The highest BCUT2D eigenvalue weighted by Crippen LogP contribution is 2.34. The summed E-state index contributed by atoms with van der Waals surface area (Å²) < 4.78 is 1.18. The maximum absolute atomic E-state index is 13.4. The molecule has 0 aliphatic carbocycles. The number of piperidine rings is 1. The van der Waals surface area contributed by atoms with Crippen LogP contribution in [0.1, 0.15) is 36.3 Å². The van der Waals surface area contributed by atoms with Crippen molar-refractivity contribution in [3.05, 3.63) is 77.3 Å². The van der Waals surface area contributed by atoms with Gasteiger partial charge in [-0.05, 0) is 54.3 Å². The fourth-order valence-corrected chi connectivity index (χ4v) is 6.35. The average molecular weight is 499 g/mol. The first-order chi connectivity index (χ1) is 17.4. The van der Waals surface area contributed by atoms with Crippen molar-refractivity contribution >= 4 is 50.2 Å². The number of thiazole rings is 1. The molecular formula is C28H26N4O3S. The van der Waals surface area contributed by atoms with E-state index < -0.39 is 17.5 Å². The Morgan fingerprint density at radius 3 is 2.53 bits per heavy atom. The first-order valence-electron chi connectivity index (χ1n) is 12.2. The Morgan fingerprint density at radius 1 is 1.03 bits per heavy atom. The van der Waals surface area contributed by atoms with Crippen molar-refractivity contribution in [1.29, 1.82) is 0 Å². The lowest BCUT2D eigenvalue weighted by molar-refractivity contribution is -0.139. The molecule has 4 aromatic rings. The molecule has 0 unspecified atom stereocenters. The number of likely N-dealkylation sites (tertiary alicyclic amines) is 1. The summed E-state index contributed by atoms with van der Waals surface area (Å²) in [6.45, 7) is 2.63. The van der Waals surface area contributed by atoms with E-state index >= 15 is 0 Å². The van der Waals surface area contributed by atoms with Crippen LogP contribution in [0.2, 0.25) is 0 Å². The van der Waals surface area contributed by atoms with Crippen molar-refractivity contribution in [2.24, 2.45) is 0 Å². The topological polar surface area (TPSA) is 82.6 Å². The second-order valence-corrected chi connectivity index (χ2v) is 10.7. The quantitative estimate of drug-likeness (QED) is 0.416. The van der Waals surface area contributed by atoms with Gasteiger partial charge in [0.2, 0.25) is 5.91 Å². The van der Waals surface area contributed by atoms with E-state index in [0.29, 0.717) is 24.6 Å². The highest BCUT2D eigenvalue weighted by molar-refractivity contribution is 7.18. The first-order valence-corrected chi connectivity index (χ1v) is 13.0. The minimum atomic E-state index is -1.21. The van der Waals surface area contributed by atoms with Crippen molar-refractivity contribution in [3.63, 3.8) is 0 Å². The van der Waals surface area contributed by atoms with E-state index in [-0.39, 0.29) is 12.5 Å². The van der Waals surface area contributed by atoms with Crippen LogP contribution in [0.4, 0.5) is 4.79 Å². The highest BCUT2D eigenvalue weighted by Gasteiger charge is 2.49. The number of nitrogens with one attached hydrogen (secondary N) is 1. The maximum atomic E-state index is 13.4. The number of fused-ring (bicyclic) bond motifs is 2. The van der Waals surface area contributed by atoms with Gasteiger partial charge in [0.15, 0.2) is 0 Å². The van der Waals surface area contributed by atoms with Gasteiger partial charge in [0.1, 0.15) is 12.1 Å². The molecule has 0 bridgehead atoms. The lowest BCUT2D eigenvalue weighted by atomic mass is 9.90. The Hall–Kier alpha value is -3.78. The van der Waals surface area contributed by atoms with E-state index in [4.69, 9.17) is 4.98 Å². The van der Waals surface area contributed by atoms with Gasteiger partial charge >= 0.3 is 6.03 Å². The fourth-order valence-electron chi connectivity index (χ4n) is 5.21. The van der Waals surface area contributed by atoms with Crippen LogP contribution in [0.15, 0.2) is 66.7 Å². The van der Waals surface area contributed by atoms with Gasteiger partial charge in [0.25, 0.3) is 5.91 Å². The summed E-state index contributed by atoms with van der Waals surface area (Å²) in [4.78, 5) is 46.9. The van der Waals surface area contributed by atoms with Gasteiger partial charge in [-0.25, -0.2) is 9.78 Å². The minimum Gasteiger partial charge on any atom is -0.341 e. The lowest BCUT2D eigenvalue weighted by Gasteiger charge is -2.32. The van der Waals surface area contributed by atoms with Crippen molar-refractivity contribution < 1.29 is 14.4 Å². The molecule has 0 saturated carbocycles. The number of rotatable bonds is 4. The number of carbonyl (C=O) groups excluding carboxylic acids is 3. The zero-order chi connectivity index (χ0) is 24.9. The molecule has 0 spiro atoms. The predicted molar refractivity (Wildman–Crippen MR) is 140 cm³/mol. The molecule has 2 saturated heterocycles. The van der Waals surface area contributed by atoms with E-state index in [2.05, 4.69) is 11.4 Å². The molecule has 7 nitrogen and oxygen atoms in total. The van der Waals surface area contributed by atoms with Gasteiger partial charge in [-0.15, -0.1) is 11.3 Å². The monoisotopic (exact) mass is 498 g/mol. The van der Waals surface area contributed by atoms with Crippen LogP contribution in [0.3, 0.4) is 0 Å². The van der Waals surface area contributed by atoms with E-state index in [9.17, 15) is 14.4 Å². The molecule has 8 heteroatoms. The fraction of sp³-hybridized carbons (Fsp3) is 0.286. The van der Waals surface area contributed by atoms with Gasteiger partial charge in [0, 0.05) is 19.0 Å². The molecular weight excluding hydrogens is 472 g/mol. The molecule has 2 aliphatic heterocycles. The minimum absolute atomic E-state index is 0.205. The van der Waals surface area contributed by atoms with Crippen molar-refractivity contribution in [2.75, 3.05) is 19.6 Å². The third-order valence-electron chi connectivity index (χ3n) is 7.40. The third kappa shape index (κ3) is 3.82. The smallest absolute Gasteiger partial charge is 0.325 e. The Kier molecular flexibility index (Phi) is 5.48. The highest BCUT2D eigenvalue weighted by atomic mass is 32.1. The van der Waals surface area contributed by atoms with Gasteiger partial charge in [-0.1, -0.05) is 48.5 Å². The third-order valence-corrected chi connectivity index (χ3v) is 8.60. The molecule has 3 heterocycles. The molecule has 1 aromatic heterocycles. The van der Waals surface area contributed by atoms with Crippen LogP contribution in [0.25, 0.3) is 21.0 Å². The van der Waals surface area contributed by atoms with Crippen molar-refractivity contribution in [2.45, 2.75) is 31.2 Å². The van der Waals surface area contributed by atoms with Crippen molar-refractivity contribution in [3.8, 4) is 0 Å². The second kappa shape index (κ2) is 8.71. The normalized spacial score (nSPS) is 20.9. The summed E-state index contributed by atoms with van der Waals surface area (Å²) in [5.41, 5.74) is 0.511. The van der Waals surface area contributed by atoms with Gasteiger partial charge in [0.05, 0.1) is 15.2 Å². The first kappa shape index (κ1) is 22.7. The zero-order valence-corrected chi connectivity index (χ0v) is 20.8. The van der Waals surface area contributed by atoms with E-state index in [1.165, 1.54) is 4.70 Å². The number of carbonyl (C=O) groups is 3. The lowest BCUT2D eigenvalue weighted by Crippen LogP contribution is -2.46. The number of para-hydroxylation sites is 1. The van der Waals surface area contributed by atoms with E-state index in [1.54, 1.807) is 23.2 Å². The van der Waals surface area contributed by atoms with E-state index in [0.717, 1.165) is 39.0 Å². The molecule has 36 heavy (non-hydrogen) atoms. The van der Waals surface area contributed by atoms with Crippen LogP contribution in [-0.2, 0) is 15.1 Å². The molecule has 4 amide bonds. The standard InChI is InChI=1S/C28H26N4O3S/c1-28(21-11-10-18-6-2-3-7-20(18)16-21)26(34)32(27(35)30-28)17-24(33)31-14-12-19(13-15-31)25-29-22-8-4-5-9-23(22)36-25/h2-11,16,19H,12-15,17H2,1H3,(H,30,35)/t28-/m1/s1. The van der Waals surface area contributed by atoms with E-state index in [1.807, 2.05) is 60.7 Å². The van der Waals surface area contributed by atoms with Gasteiger partial charge < -0.3 is 10.2 Å². The zero-order valence-electron chi connectivity index (χ0n) is 19.9. The largest absolute Gasteiger partial charge is 0.341 e. The summed E-state index contributed by atoms with van der Waals surface area (Å²) in [5, 5.41) is 5.98. The number of aromatic nitrogens is 1. The molecule has 1 N–H and O–H groups in total. The number of urea groups is 1. The predicted octanol–water partition coefficient (Wildman–Crippen LogP) is 4.62. The second-order valence-electron chi connectivity index (χ2n) is 9.68. The Bertz CT molecular complexity index is 1470. The molecule has 3 aromatic carbocycles. The number of benzene rings is 3. The molecule has 182 valence electrons. The summed E-state index contributed by atoms with van der Waals surface area (Å²) >= 11 is 1.72.